The van der Waals surface area contributed by atoms with E-state index in [-0.39, 0.29) is 0 Å². The standard InChI is InChI=1S/C11H11O/c1-2-9-7-8-12-11-6-4-3-5-10(9)11/h3-7H,1-2,8H2. The van der Waals surface area contributed by atoms with Crippen LogP contribution in [0.1, 0.15) is 12.0 Å². The Morgan fingerprint density at radius 3 is 3.00 bits per heavy atom. The highest BCUT2D eigenvalue weighted by Crippen LogP contribution is 2.30. The van der Waals surface area contributed by atoms with E-state index in [1.165, 1.54) is 11.1 Å². The molecule has 0 amide bonds. The third-order valence-electron chi connectivity index (χ3n) is 2.07. The van der Waals surface area contributed by atoms with Crippen molar-refractivity contribution in [1.29, 1.82) is 0 Å². The molecule has 0 spiro atoms. The van der Waals surface area contributed by atoms with Crippen molar-refractivity contribution in [3.8, 4) is 5.75 Å². The molecule has 0 unspecified atom stereocenters. The molecule has 1 aromatic rings. The molecule has 1 heteroatoms. The lowest BCUT2D eigenvalue weighted by molar-refractivity contribution is 0.357. The van der Waals surface area contributed by atoms with Crippen LogP contribution in [0.5, 0.6) is 5.75 Å². The van der Waals surface area contributed by atoms with Gasteiger partial charge in [-0.05, 0) is 31.1 Å². The highest BCUT2D eigenvalue weighted by Gasteiger charge is 2.10. The van der Waals surface area contributed by atoms with Crippen LogP contribution in [-0.4, -0.2) is 6.61 Å². The molecule has 0 saturated heterocycles. The largest absolute Gasteiger partial charge is 0.489 e. The first-order valence-electron chi connectivity index (χ1n) is 4.12. The lowest BCUT2D eigenvalue weighted by atomic mass is 10.0. The molecule has 0 aromatic heterocycles. The summed E-state index contributed by atoms with van der Waals surface area (Å²) in [6.07, 6.45) is 2.93. The second-order valence-corrected chi connectivity index (χ2v) is 2.79. The summed E-state index contributed by atoms with van der Waals surface area (Å²) in [5.41, 5.74) is 2.48. The first-order chi connectivity index (χ1) is 5.92. The van der Waals surface area contributed by atoms with Gasteiger partial charge in [0.1, 0.15) is 12.4 Å². The molecular weight excluding hydrogens is 148 g/mol. The molecule has 61 valence electrons. The van der Waals surface area contributed by atoms with Crippen molar-refractivity contribution in [1.82, 2.24) is 0 Å². The van der Waals surface area contributed by atoms with Crippen molar-refractivity contribution in [2.45, 2.75) is 6.42 Å². The van der Waals surface area contributed by atoms with Gasteiger partial charge in [0, 0.05) is 5.56 Å². The topological polar surface area (TPSA) is 9.23 Å². The predicted molar refractivity (Wildman–Crippen MR) is 49.9 cm³/mol. The molecule has 12 heavy (non-hydrogen) atoms. The molecule has 0 N–H and O–H groups in total. The van der Waals surface area contributed by atoms with Crippen LogP contribution in [-0.2, 0) is 0 Å². The minimum atomic E-state index is 0.682. The Morgan fingerprint density at radius 2 is 2.17 bits per heavy atom. The SMILES string of the molecule is [CH2]CC1=CCOc2ccccc21. The molecule has 1 aromatic carbocycles. The van der Waals surface area contributed by atoms with Crippen LogP contribution in [0.3, 0.4) is 0 Å². The molecule has 0 saturated carbocycles. The van der Waals surface area contributed by atoms with Gasteiger partial charge in [0.25, 0.3) is 0 Å². The number of allylic oxidation sites excluding steroid dienone is 1. The fourth-order valence-corrected chi connectivity index (χ4v) is 1.44. The van der Waals surface area contributed by atoms with Crippen LogP contribution in [0.25, 0.3) is 5.57 Å². The smallest absolute Gasteiger partial charge is 0.127 e. The van der Waals surface area contributed by atoms with E-state index in [0.717, 1.165) is 12.2 Å². The number of fused-ring (bicyclic) bond motifs is 1. The van der Waals surface area contributed by atoms with E-state index < -0.39 is 0 Å². The Kier molecular flexibility index (Phi) is 1.86. The van der Waals surface area contributed by atoms with Gasteiger partial charge in [-0.2, -0.15) is 0 Å². The van der Waals surface area contributed by atoms with Crippen molar-refractivity contribution in [3.05, 3.63) is 42.8 Å². The summed E-state index contributed by atoms with van der Waals surface area (Å²) in [5, 5.41) is 0. The van der Waals surface area contributed by atoms with E-state index >= 15 is 0 Å². The molecule has 1 aliphatic rings. The second-order valence-electron chi connectivity index (χ2n) is 2.79. The van der Waals surface area contributed by atoms with Gasteiger partial charge in [0.05, 0.1) is 0 Å². The zero-order valence-electron chi connectivity index (χ0n) is 6.92. The van der Waals surface area contributed by atoms with Gasteiger partial charge in [0.2, 0.25) is 0 Å². The van der Waals surface area contributed by atoms with E-state index in [9.17, 15) is 0 Å². The Bertz CT molecular complexity index is 313. The van der Waals surface area contributed by atoms with Gasteiger partial charge in [-0.25, -0.2) is 0 Å². The van der Waals surface area contributed by atoms with Crippen molar-refractivity contribution in [2.24, 2.45) is 0 Å². The molecule has 1 heterocycles. The quantitative estimate of drug-likeness (QED) is 0.612. The minimum Gasteiger partial charge on any atom is -0.489 e. The van der Waals surface area contributed by atoms with E-state index in [2.05, 4.69) is 19.1 Å². The molecule has 1 radical (unpaired) electrons. The highest BCUT2D eigenvalue weighted by molar-refractivity contribution is 5.72. The van der Waals surface area contributed by atoms with Gasteiger partial charge in [-0.15, -0.1) is 0 Å². The van der Waals surface area contributed by atoms with Gasteiger partial charge in [-0.1, -0.05) is 18.2 Å². The number of para-hydroxylation sites is 1. The minimum absolute atomic E-state index is 0.682. The fourth-order valence-electron chi connectivity index (χ4n) is 1.44. The van der Waals surface area contributed by atoms with Crippen LogP contribution in [0.2, 0.25) is 0 Å². The summed E-state index contributed by atoms with van der Waals surface area (Å²) in [7, 11) is 0. The van der Waals surface area contributed by atoms with Crippen molar-refractivity contribution >= 4 is 5.57 Å². The van der Waals surface area contributed by atoms with Crippen molar-refractivity contribution in [2.75, 3.05) is 6.61 Å². The summed E-state index contributed by atoms with van der Waals surface area (Å²) < 4.78 is 5.45. The summed E-state index contributed by atoms with van der Waals surface area (Å²) in [6.45, 7) is 4.57. The zero-order chi connectivity index (χ0) is 8.39. The maximum Gasteiger partial charge on any atom is 0.127 e. The number of hydrogen-bond acceptors (Lipinski definition) is 1. The average Bonchev–Trinajstić information content (AvgIpc) is 2.17. The molecule has 0 aliphatic carbocycles. The molecule has 0 atom stereocenters. The van der Waals surface area contributed by atoms with Crippen LogP contribution < -0.4 is 4.74 Å². The summed E-state index contributed by atoms with van der Waals surface area (Å²) >= 11 is 0. The summed E-state index contributed by atoms with van der Waals surface area (Å²) in [4.78, 5) is 0. The predicted octanol–water partition coefficient (Wildman–Crippen LogP) is 2.69. The lowest BCUT2D eigenvalue weighted by Crippen LogP contribution is -2.03. The molecule has 0 bridgehead atoms. The van der Waals surface area contributed by atoms with Crippen molar-refractivity contribution < 1.29 is 4.74 Å². The van der Waals surface area contributed by atoms with E-state index in [4.69, 9.17) is 4.74 Å². The molecule has 1 aliphatic heterocycles. The molecular formula is C11H11O. The van der Waals surface area contributed by atoms with Crippen LogP contribution >= 0.6 is 0 Å². The summed E-state index contributed by atoms with van der Waals surface area (Å²) in [6, 6.07) is 8.09. The Morgan fingerprint density at radius 1 is 1.33 bits per heavy atom. The third-order valence-corrected chi connectivity index (χ3v) is 2.07. The van der Waals surface area contributed by atoms with E-state index in [0.29, 0.717) is 6.61 Å². The number of ether oxygens (including phenoxy) is 1. The van der Waals surface area contributed by atoms with Gasteiger partial charge < -0.3 is 4.74 Å². The summed E-state index contributed by atoms with van der Waals surface area (Å²) in [5.74, 6) is 0.985. The maximum atomic E-state index is 5.45. The first kappa shape index (κ1) is 7.41. The van der Waals surface area contributed by atoms with E-state index in [1.807, 2.05) is 18.2 Å². The third kappa shape index (κ3) is 1.11. The highest BCUT2D eigenvalue weighted by atomic mass is 16.5. The van der Waals surface area contributed by atoms with Gasteiger partial charge >= 0.3 is 0 Å². The van der Waals surface area contributed by atoms with Crippen molar-refractivity contribution in [3.63, 3.8) is 0 Å². The Balaban J connectivity index is 2.48. The van der Waals surface area contributed by atoms with E-state index in [1.54, 1.807) is 0 Å². The Labute approximate surface area is 72.7 Å². The number of benzene rings is 1. The lowest BCUT2D eigenvalue weighted by Gasteiger charge is -2.17. The van der Waals surface area contributed by atoms with Gasteiger partial charge in [-0.3, -0.25) is 0 Å². The number of rotatable bonds is 1. The normalized spacial score (nSPS) is 14.6. The fraction of sp³-hybridized carbons (Fsp3) is 0.182. The average molecular weight is 159 g/mol. The molecule has 0 fully saturated rings. The molecule has 1 nitrogen and oxygen atoms in total. The second kappa shape index (κ2) is 3.02. The number of hydrogen-bond donors (Lipinski definition) is 0. The first-order valence-corrected chi connectivity index (χ1v) is 4.12. The van der Waals surface area contributed by atoms with Crippen LogP contribution in [0, 0.1) is 6.92 Å². The maximum absolute atomic E-state index is 5.45. The zero-order valence-corrected chi connectivity index (χ0v) is 6.92. The monoisotopic (exact) mass is 159 g/mol. The Hall–Kier alpha value is -1.24. The molecule has 2 rings (SSSR count). The van der Waals surface area contributed by atoms with Crippen LogP contribution in [0.15, 0.2) is 30.3 Å². The van der Waals surface area contributed by atoms with Crippen LogP contribution in [0.4, 0.5) is 0 Å². The van der Waals surface area contributed by atoms with Gasteiger partial charge in [0.15, 0.2) is 0 Å².